The predicted octanol–water partition coefficient (Wildman–Crippen LogP) is -0.574. The molecule has 1 aromatic rings. The van der Waals surface area contributed by atoms with Gasteiger partial charge in [-0.15, -0.1) is 0 Å². The molecule has 0 radical (unpaired) electrons. The minimum Gasteiger partial charge on any atom is -0.468 e. The van der Waals surface area contributed by atoms with Crippen molar-refractivity contribution < 1.29 is 27.5 Å². The monoisotopic (exact) mass is 305 g/mol. The first-order valence-electron chi connectivity index (χ1n) is 5.64. The number of esters is 2. The fourth-order valence-electron chi connectivity index (χ4n) is 1.35. The highest BCUT2D eigenvalue weighted by Gasteiger charge is 2.29. The topological polar surface area (TPSA) is 127 Å². The van der Waals surface area contributed by atoms with Crippen LogP contribution in [0, 0.1) is 0 Å². The molecule has 0 aromatic carbocycles. The fraction of sp³-hybridized carbons (Fsp3) is 0.500. The summed E-state index contributed by atoms with van der Waals surface area (Å²) in [5, 5.41) is 5.23. The van der Waals surface area contributed by atoms with Crippen molar-refractivity contribution in [2.24, 2.45) is 0 Å². The van der Waals surface area contributed by atoms with Gasteiger partial charge in [-0.25, -0.2) is 13.2 Å². The summed E-state index contributed by atoms with van der Waals surface area (Å²) in [6.07, 6.45) is 1.04. The van der Waals surface area contributed by atoms with E-state index in [-0.39, 0.29) is 12.2 Å². The molecular formula is C10H15N3O6S. The standard InChI is InChI=1S/C10H15N3O6S/c1-4-19-10(15)7-5-11-12-8(7)20(16,17)13-6(2)9(14)18-3/h5-6,13H,4H2,1-3H3,(H,11,12). The highest BCUT2D eigenvalue weighted by molar-refractivity contribution is 7.89. The number of hydrogen-bond donors (Lipinski definition) is 2. The molecule has 1 aromatic heterocycles. The summed E-state index contributed by atoms with van der Waals surface area (Å²) in [5.41, 5.74) is -0.239. The summed E-state index contributed by atoms with van der Waals surface area (Å²) in [5.74, 6) is -1.59. The van der Waals surface area contributed by atoms with Crippen molar-refractivity contribution in [1.82, 2.24) is 14.9 Å². The number of methoxy groups -OCH3 is 1. The number of nitrogens with one attached hydrogen (secondary N) is 2. The van der Waals surface area contributed by atoms with Crippen LogP contribution in [0.5, 0.6) is 0 Å². The Morgan fingerprint density at radius 2 is 2.15 bits per heavy atom. The molecule has 1 atom stereocenters. The van der Waals surface area contributed by atoms with Crippen molar-refractivity contribution >= 4 is 22.0 Å². The third kappa shape index (κ3) is 3.54. The Labute approximate surface area is 115 Å². The summed E-state index contributed by atoms with van der Waals surface area (Å²) in [4.78, 5) is 22.8. The second-order valence-electron chi connectivity index (χ2n) is 3.70. The van der Waals surface area contributed by atoms with Crippen LogP contribution < -0.4 is 4.72 Å². The zero-order valence-electron chi connectivity index (χ0n) is 11.2. The van der Waals surface area contributed by atoms with Crippen LogP contribution in [0.3, 0.4) is 0 Å². The van der Waals surface area contributed by atoms with Crippen molar-refractivity contribution in [3.05, 3.63) is 11.8 Å². The molecule has 1 rings (SSSR count). The second-order valence-corrected chi connectivity index (χ2v) is 5.35. The molecule has 0 bridgehead atoms. The van der Waals surface area contributed by atoms with Crippen LogP contribution >= 0.6 is 0 Å². The third-order valence-electron chi connectivity index (χ3n) is 2.26. The molecule has 0 aliphatic heterocycles. The lowest BCUT2D eigenvalue weighted by atomic mass is 10.4. The third-order valence-corrected chi connectivity index (χ3v) is 3.77. The number of ether oxygens (including phenoxy) is 2. The molecule has 10 heteroatoms. The Balaban J connectivity index is 3.02. The van der Waals surface area contributed by atoms with E-state index in [2.05, 4.69) is 19.7 Å². The normalized spacial score (nSPS) is 12.8. The molecule has 2 N–H and O–H groups in total. The number of H-pyrrole nitrogens is 1. The molecule has 0 aliphatic rings. The number of aromatic amines is 1. The Hall–Kier alpha value is -1.94. The highest BCUT2D eigenvalue weighted by atomic mass is 32.2. The van der Waals surface area contributed by atoms with Crippen LogP contribution in [0.15, 0.2) is 11.2 Å². The summed E-state index contributed by atoms with van der Waals surface area (Å²) in [7, 11) is -3.00. The minimum atomic E-state index is -4.14. The molecule has 1 heterocycles. The number of hydrogen-bond acceptors (Lipinski definition) is 7. The van der Waals surface area contributed by atoms with Crippen molar-refractivity contribution in [3.63, 3.8) is 0 Å². The Morgan fingerprint density at radius 1 is 1.50 bits per heavy atom. The lowest BCUT2D eigenvalue weighted by molar-refractivity contribution is -0.142. The van der Waals surface area contributed by atoms with Gasteiger partial charge in [-0.1, -0.05) is 0 Å². The fourth-order valence-corrected chi connectivity index (χ4v) is 2.63. The number of sulfonamides is 1. The maximum Gasteiger partial charge on any atom is 0.342 e. The Kier molecular flexibility index (Phi) is 5.22. The molecule has 1 unspecified atom stereocenters. The van der Waals surface area contributed by atoms with Gasteiger partial charge in [0.2, 0.25) is 0 Å². The van der Waals surface area contributed by atoms with Gasteiger partial charge < -0.3 is 9.47 Å². The first-order chi connectivity index (χ1) is 9.33. The molecule has 0 fully saturated rings. The van der Waals surface area contributed by atoms with Crippen molar-refractivity contribution in [1.29, 1.82) is 0 Å². The van der Waals surface area contributed by atoms with Crippen LogP contribution in [0.1, 0.15) is 24.2 Å². The molecule has 0 amide bonds. The van der Waals surface area contributed by atoms with Crippen LogP contribution in [0.25, 0.3) is 0 Å². The maximum atomic E-state index is 12.1. The number of carbonyl (C=O) groups excluding carboxylic acids is 2. The van der Waals surface area contributed by atoms with Crippen LogP contribution in [0.2, 0.25) is 0 Å². The summed E-state index contributed by atoms with van der Waals surface area (Å²) in [6.45, 7) is 2.99. The van der Waals surface area contributed by atoms with Crippen molar-refractivity contribution in [2.45, 2.75) is 24.9 Å². The van der Waals surface area contributed by atoms with Crippen LogP contribution in [0.4, 0.5) is 0 Å². The number of rotatable bonds is 6. The molecule has 112 valence electrons. The summed E-state index contributed by atoms with van der Waals surface area (Å²) in [6, 6.07) is -1.11. The Morgan fingerprint density at radius 3 is 2.70 bits per heavy atom. The predicted molar refractivity (Wildman–Crippen MR) is 66.3 cm³/mol. The van der Waals surface area contributed by atoms with Gasteiger partial charge in [-0.2, -0.15) is 9.82 Å². The van der Waals surface area contributed by atoms with E-state index in [9.17, 15) is 18.0 Å². The summed E-state index contributed by atoms with van der Waals surface area (Å²) >= 11 is 0. The van der Waals surface area contributed by atoms with Gasteiger partial charge in [0.05, 0.1) is 19.9 Å². The average molecular weight is 305 g/mol. The average Bonchev–Trinajstić information content (AvgIpc) is 2.87. The SMILES string of the molecule is CCOC(=O)c1cn[nH]c1S(=O)(=O)NC(C)C(=O)OC. The van der Waals surface area contributed by atoms with E-state index in [1.165, 1.54) is 6.92 Å². The van der Waals surface area contributed by atoms with Crippen LogP contribution in [-0.2, 0) is 24.3 Å². The van der Waals surface area contributed by atoms with Gasteiger partial charge in [0.15, 0.2) is 5.03 Å². The Bertz CT molecular complexity index is 594. The van der Waals surface area contributed by atoms with Crippen molar-refractivity contribution in [2.75, 3.05) is 13.7 Å². The minimum absolute atomic E-state index is 0.0928. The molecule has 0 spiro atoms. The molecular weight excluding hydrogens is 290 g/mol. The van der Waals surface area contributed by atoms with Gasteiger partial charge in [-0.3, -0.25) is 9.89 Å². The lowest BCUT2D eigenvalue weighted by Crippen LogP contribution is -2.39. The maximum absolute atomic E-state index is 12.1. The lowest BCUT2D eigenvalue weighted by Gasteiger charge is -2.11. The van der Waals surface area contributed by atoms with Gasteiger partial charge >= 0.3 is 11.9 Å². The first kappa shape index (κ1) is 16.1. The molecule has 0 aliphatic carbocycles. The van der Waals surface area contributed by atoms with Crippen LogP contribution in [-0.4, -0.2) is 50.3 Å². The second kappa shape index (κ2) is 6.48. The highest BCUT2D eigenvalue weighted by Crippen LogP contribution is 2.13. The first-order valence-corrected chi connectivity index (χ1v) is 7.12. The van der Waals surface area contributed by atoms with Gasteiger partial charge in [0.1, 0.15) is 11.6 Å². The molecule has 0 saturated heterocycles. The van der Waals surface area contributed by atoms with E-state index < -0.39 is 33.0 Å². The van der Waals surface area contributed by atoms with E-state index in [1.807, 2.05) is 0 Å². The van der Waals surface area contributed by atoms with Gasteiger partial charge in [-0.05, 0) is 13.8 Å². The van der Waals surface area contributed by atoms with Gasteiger partial charge in [0, 0.05) is 0 Å². The van der Waals surface area contributed by atoms with Crippen molar-refractivity contribution in [3.8, 4) is 0 Å². The van der Waals surface area contributed by atoms with Gasteiger partial charge in [0.25, 0.3) is 10.0 Å². The van der Waals surface area contributed by atoms with E-state index in [1.54, 1.807) is 6.92 Å². The number of nitrogens with zero attached hydrogens (tertiary/aromatic N) is 1. The zero-order valence-corrected chi connectivity index (χ0v) is 12.0. The van der Waals surface area contributed by atoms with E-state index in [4.69, 9.17) is 4.74 Å². The molecule has 9 nitrogen and oxygen atoms in total. The van der Waals surface area contributed by atoms with E-state index in [0.29, 0.717) is 0 Å². The quantitative estimate of drug-likeness (QED) is 0.673. The molecule has 20 heavy (non-hydrogen) atoms. The van der Waals surface area contributed by atoms with E-state index >= 15 is 0 Å². The van der Waals surface area contributed by atoms with E-state index in [0.717, 1.165) is 13.3 Å². The summed E-state index contributed by atoms with van der Waals surface area (Å²) < 4.78 is 35.3. The number of aromatic nitrogens is 2. The smallest absolute Gasteiger partial charge is 0.342 e. The largest absolute Gasteiger partial charge is 0.468 e. The molecule has 0 saturated carbocycles. The zero-order chi connectivity index (χ0) is 15.3. The number of carbonyl (C=O) groups is 2.